The van der Waals surface area contributed by atoms with Crippen molar-refractivity contribution in [2.75, 3.05) is 226 Å². The van der Waals surface area contributed by atoms with Crippen molar-refractivity contribution in [2.45, 2.75) is 0 Å². The molecule has 0 bridgehead atoms. The summed E-state index contributed by atoms with van der Waals surface area (Å²) in [5.41, 5.74) is 1.63. The van der Waals surface area contributed by atoms with Crippen molar-refractivity contribution < 1.29 is 85.3 Å². The maximum absolute atomic E-state index is 12.6. The predicted octanol–water partition coefficient (Wildman–Crippen LogP) is 2.21. The fourth-order valence-electron chi connectivity index (χ4n) is 5.96. The number of aromatic nitrogens is 3. The third-order valence-corrected chi connectivity index (χ3v) is 9.71. The quantitative estimate of drug-likeness (QED) is 0.0632. The highest BCUT2D eigenvalue weighted by Crippen LogP contribution is 2.15. The number of terminal acetylenes is 2. The zero-order chi connectivity index (χ0) is 56.2. The molecule has 0 aliphatic rings. The van der Waals surface area contributed by atoms with Gasteiger partial charge in [0.05, 0.1) is 210 Å². The maximum atomic E-state index is 12.6. The summed E-state index contributed by atoms with van der Waals surface area (Å²) in [5.74, 6) is 17.7. The molecule has 22 heteroatoms. The molecule has 3 rings (SSSR count). The van der Waals surface area contributed by atoms with Gasteiger partial charge >= 0.3 is 0 Å². The van der Waals surface area contributed by atoms with Gasteiger partial charge in [0.2, 0.25) is 0 Å². The highest BCUT2D eigenvalue weighted by atomic mass is 16.6. The topological polar surface area (TPSA) is 225 Å². The van der Waals surface area contributed by atoms with Crippen LogP contribution in [0.2, 0.25) is 0 Å². The molecule has 1 N–H and O–H groups in total. The number of pyridine rings is 3. The van der Waals surface area contributed by atoms with E-state index in [1.807, 2.05) is 0 Å². The number of rotatable bonds is 50. The number of H-pyrrole nitrogens is 1. The Kier molecular flexibility index (Phi) is 42.4. The summed E-state index contributed by atoms with van der Waals surface area (Å²) >= 11 is 0. The number of ether oxygens (including phenoxy) is 18. The largest absolute Gasteiger partial charge is 0.491 e. The lowest BCUT2D eigenvalue weighted by molar-refractivity contribution is -0.0227. The summed E-state index contributed by atoms with van der Waals surface area (Å²) in [4.78, 5) is 24.4. The van der Waals surface area contributed by atoms with Crippen LogP contribution >= 0.6 is 0 Å². The van der Waals surface area contributed by atoms with Gasteiger partial charge in [-0.3, -0.25) is 4.79 Å². The van der Waals surface area contributed by atoms with E-state index in [1.165, 1.54) is 12.1 Å². The zero-order valence-electron chi connectivity index (χ0n) is 45.9. The van der Waals surface area contributed by atoms with Crippen molar-refractivity contribution in [3.8, 4) is 59.9 Å². The monoisotopic (exact) mass is 1110 g/mol. The van der Waals surface area contributed by atoms with Gasteiger partial charge in [0.1, 0.15) is 47.5 Å². The SMILES string of the molecule is C#Cc1cc(OCCOCCOCCOCCOCCOCCOCCOCCOC)cc(C#Cc2cc(=O)cc(C#Cc3cc(OCCOCCOCCOCCOCCOCCOCCOCCOC)cc(C#C)n3)[nH]2)n1. The first kappa shape index (κ1) is 67.7. The molecule has 0 aliphatic heterocycles. The molecule has 3 aromatic heterocycles. The second kappa shape index (κ2) is 49.5. The molecule has 0 unspecified atom stereocenters. The van der Waals surface area contributed by atoms with Crippen LogP contribution in [-0.4, -0.2) is 241 Å². The number of hydrogen-bond donors (Lipinski definition) is 1. The molecule has 0 atom stereocenters. The van der Waals surface area contributed by atoms with Crippen molar-refractivity contribution in [1.82, 2.24) is 15.0 Å². The van der Waals surface area contributed by atoms with E-state index in [2.05, 4.69) is 50.5 Å². The van der Waals surface area contributed by atoms with Crippen LogP contribution in [-0.2, 0) is 75.8 Å². The van der Waals surface area contributed by atoms with Crippen LogP contribution in [0.15, 0.2) is 41.2 Å². The minimum atomic E-state index is -0.308. The average Bonchev–Trinajstić information content (AvgIpc) is 3.47. The van der Waals surface area contributed by atoms with Gasteiger partial charge in [-0.05, 0) is 23.7 Å². The molecule has 0 radical (unpaired) electrons. The highest BCUT2D eigenvalue weighted by Gasteiger charge is 2.05. The molecule has 0 aromatic carbocycles. The van der Waals surface area contributed by atoms with Gasteiger partial charge in [0.15, 0.2) is 5.43 Å². The summed E-state index contributed by atoms with van der Waals surface area (Å²) in [6, 6.07) is 9.24. The smallest absolute Gasteiger partial charge is 0.184 e. The molecule has 79 heavy (non-hydrogen) atoms. The number of nitrogens with one attached hydrogen (secondary N) is 1. The Bertz CT molecular complexity index is 2130. The number of nitrogens with zero attached hydrogens (tertiary/aromatic N) is 2. The number of methoxy groups -OCH3 is 2. The Morgan fingerprint density at radius 3 is 0.797 bits per heavy atom. The molecule has 3 aromatic rings. The minimum absolute atomic E-state index is 0.250. The van der Waals surface area contributed by atoms with E-state index < -0.39 is 0 Å². The minimum Gasteiger partial charge on any atom is -0.491 e. The van der Waals surface area contributed by atoms with E-state index in [0.717, 1.165) is 0 Å². The van der Waals surface area contributed by atoms with Crippen LogP contribution < -0.4 is 14.9 Å². The van der Waals surface area contributed by atoms with Crippen molar-refractivity contribution >= 4 is 0 Å². The molecule has 0 aliphatic carbocycles. The van der Waals surface area contributed by atoms with Gasteiger partial charge in [0, 0.05) is 50.6 Å². The molecule has 0 spiro atoms. The van der Waals surface area contributed by atoms with E-state index in [-0.39, 0.29) is 18.6 Å². The van der Waals surface area contributed by atoms with Crippen LogP contribution in [0, 0.1) is 48.4 Å². The van der Waals surface area contributed by atoms with Crippen molar-refractivity contribution in [2.24, 2.45) is 0 Å². The van der Waals surface area contributed by atoms with Crippen molar-refractivity contribution in [3.05, 3.63) is 80.8 Å². The molecule has 0 fully saturated rings. The van der Waals surface area contributed by atoms with Gasteiger partial charge in [-0.15, -0.1) is 12.8 Å². The van der Waals surface area contributed by atoms with Gasteiger partial charge < -0.3 is 90.2 Å². The third kappa shape index (κ3) is 38.7. The van der Waals surface area contributed by atoms with Crippen LogP contribution in [0.1, 0.15) is 34.2 Å². The van der Waals surface area contributed by atoms with Gasteiger partial charge in [0.25, 0.3) is 0 Å². The lowest BCUT2D eigenvalue weighted by Gasteiger charge is -2.09. The Morgan fingerprint density at radius 1 is 0.329 bits per heavy atom. The first-order valence-electron chi connectivity index (χ1n) is 26.1. The summed E-state index contributed by atoms with van der Waals surface area (Å²) < 4.78 is 98.4. The summed E-state index contributed by atoms with van der Waals surface area (Å²) in [6.45, 7) is 14.5. The van der Waals surface area contributed by atoms with Gasteiger partial charge in [-0.25, -0.2) is 9.97 Å². The lowest BCUT2D eigenvalue weighted by Crippen LogP contribution is -2.15. The highest BCUT2D eigenvalue weighted by molar-refractivity contribution is 5.46. The van der Waals surface area contributed by atoms with E-state index in [9.17, 15) is 4.79 Å². The van der Waals surface area contributed by atoms with Gasteiger partial charge in [-0.1, -0.05) is 11.8 Å². The number of aromatic amines is 1. The van der Waals surface area contributed by atoms with Crippen LogP contribution in [0.3, 0.4) is 0 Å². The van der Waals surface area contributed by atoms with Gasteiger partial charge in [-0.2, -0.15) is 0 Å². The van der Waals surface area contributed by atoms with Crippen molar-refractivity contribution in [1.29, 1.82) is 0 Å². The molecule has 0 saturated carbocycles. The van der Waals surface area contributed by atoms with Crippen LogP contribution in [0.4, 0.5) is 0 Å². The van der Waals surface area contributed by atoms with Crippen LogP contribution in [0.25, 0.3) is 0 Å². The van der Waals surface area contributed by atoms with Crippen molar-refractivity contribution in [3.63, 3.8) is 0 Å². The Morgan fingerprint density at radius 2 is 0.557 bits per heavy atom. The standard InChI is InChI=1S/C57H79N3O19/c1-5-49-45-56(78-41-39-76-37-35-74-33-31-72-29-27-70-25-23-68-21-19-66-17-15-64-13-11-62-3)47-53(58-49)9-7-51-43-55(61)44-52(60-51)8-10-54-48-57(46-50(6-2)59-54)79-42-40-77-38-36-75-34-32-73-30-28-71-26-24-69-22-20-67-18-16-65-14-12-63-4/h1-2,43-48H,11-42H2,3-4H3,(H,60,61). The predicted molar refractivity (Wildman–Crippen MR) is 290 cm³/mol. The first-order chi connectivity index (χ1) is 39.0. The van der Waals surface area contributed by atoms with Crippen LogP contribution in [0.5, 0.6) is 11.5 Å². The first-order valence-corrected chi connectivity index (χ1v) is 26.1. The second-order valence-corrected chi connectivity index (χ2v) is 15.8. The molecule has 0 saturated heterocycles. The van der Waals surface area contributed by atoms with E-state index in [4.69, 9.17) is 98.1 Å². The summed E-state index contributed by atoms with van der Waals surface area (Å²) in [7, 11) is 3.27. The third-order valence-electron chi connectivity index (χ3n) is 9.71. The summed E-state index contributed by atoms with van der Waals surface area (Å²) in [5, 5.41) is 0. The maximum Gasteiger partial charge on any atom is 0.184 e. The summed E-state index contributed by atoms with van der Waals surface area (Å²) in [6.07, 6.45) is 11.3. The molecule has 22 nitrogen and oxygen atoms in total. The average molecular weight is 1110 g/mol. The van der Waals surface area contributed by atoms with E-state index in [1.54, 1.807) is 38.5 Å². The molecular weight excluding hydrogens is 1030 g/mol. The fraction of sp³-hybridized carbons (Fsp3) is 0.596. The Hall–Kier alpha value is -5.55. The fourth-order valence-corrected chi connectivity index (χ4v) is 5.96. The molecule has 0 amide bonds. The van der Waals surface area contributed by atoms with E-state index in [0.29, 0.717) is 244 Å². The zero-order valence-corrected chi connectivity index (χ0v) is 45.9. The molecule has 436 valence electrons. The Balaban J connectivity index is 1.24. The van der Waals surface area contributed by atoms with E-state index >= 15 is 0 Å². The second-order valence-electron chi connectivity index (χ2n) is 15.8. The lowest BCUT2D eigenvalue weighted by atomic mass is 10.2. The molecule has 3 heterocycles. The molecular formula is C57H79N3O19. The number of hydrogen-bond acceptors (Lipinski definition) is 21. The normalized spacial score (nSPS) is 10.9. The Labute approximate surface area is 465 Å².